The highest BCUT2D eigenvalue weighted by atomic mass is 35.5. The van der Waals surface area contributed by atoms with E-state index in [1.54, 1.807) is 19.2 Å². The lowest BCUT2D eigenvalue weighted by atomic mass is 9.89. The summed E-state index contributed by atoms with van der Waals surface area (Å²) in [5, 5.41) is 6.62. The van der Waals surface area contributed by atoms with E-state index in [1.165, 1.54) is 35.2 Å². The molecule has 6 rings (SSSR count). The van der Waals surface area contributed by atoms with Crippen molar-refractivity contribution in [3.8, 4) is 0 Å². The number of hydrogen-bond acceptors (Lipinski definition) is 6. The number of amides is 2. The van der Waals surface area contributed by atoms with Crippen LogP contribution in [-0.2, 0) is 25.6 Å². The van der Waals surface area contributed by atoms with Gasteiger partial charge in [0.2, 0.25) is 6.10 Å². The molecule has 2 amide bonds. The Kier molecular flexibility index (Phi) is 8.32. The molecule has 2 atom stereocenters. The number of anilines is 2. The van der Waals surface area contributed by atoms with Crippen molar-refractivity contribution in [2.75, 3.05) is 37.0 Å². The molecule has 3 aromatic carbocycles. The van der Waals surface area contributed by atoms with Gasteiger partial charge in [0.05, 0.1) is 22.5 Å². The summed E-state index contributed by atoms with van der Waals surface area (Å²) in [5.41, 5.74) is 3.08. The molecule has 3 heterocycles. The van der Waals surface area contributed by atoms with Crippen molar-refractivity contribution in [2.45, 2.75) is 43.9 Å². The summed E-state index contributed by atoms with van der Waals surface area (Å²) in [6.45, 7) is 1.84. The fourth-order valence-corrected chi connectivity index (χ4v) is 6.32. The lowest BCUT2D eigenvalue weighted by Crippen LogP contribution is -2.49. The highest BCUT2D eigenvalue weighted by molar-refractivity contribution is 6.31. The van der Waals surface area contributed by atoms with Crippen LogP contribution >= 0.6 is 11.6 Å². The number of methoxy groups -OCH3 is 1. The Morgan fingerprint density at radius 1 is 1.02 bits per heavy atom. The van der Waals surface area contributed by atoms with Crippen molar-refractivity contribution in [3.05, 3.63) is 94.0 Å². The molecule has 224 valence electrons. The van der Waals surface area contributed by atoms with Crippen molar-refractivity contribution in [3.63, 3.8) is 0 Å². The largest absolute Gasteiger partial charge is 0.382 e. The van der Waals surface area contributed by atoms with Crippen LogP contribution in [0.2, 0.25) is 5.02 Å². The lowest BCUT2D eigenvalue weighted by molar-refractivity contribution is -0.148. The van der Waals surface area contributed by atoms with E-state index in [0.29, 0.717) is 12.0 Å². The molecule has 3 aromatic rings. The average molecular weight is 609 g/mol. The summed E-state index contributed by atoms with van der Waals surface area (Å²) in [6.07, 6.45) is 1.44. The molecule has 0 radical (unpaired) electrons. The van der Waals surface area contributed by atoms with Gasteiger partial charge < -0.3 is 24.7 Å². The molecule has 43 heavy (non-hydrogen) atoms. The number of oxime groups is 1. The highest BCUT2D eigenvalue weighted by Gasteiger charge is 2.42. The number of halogens is 3. The third kappa shape index (κ3) is 5.69. The predicted octanol–water partition coefficient (Wildman–Crippen LogP) is 5.49. The quantitative estimate of drug-likeness (QED) is 0.400. The Balaban J connectivity index is 1.30. The standard InChI is InChI=1S/C32H31ClF2N4O4/c1-42-19-12-15-38(16-13-19)27-11-5-6-21-20(27)14-17-39(30(21)31(40)36-25-10-3-2-9-24(25)34)32(41)28-18-26(37-43-28)22-7-4-8-23(33)29(22)35/h2-11,19,28,30H,12-18H2,1H3,(H,36,40)/t28?,30-/m1/s1. The van der Waals surface area contributed by atoms with Gasteiger partial charge in [-0.1, -0.05) is 47.1 Å². The van der Waals surface area contributed by atoms with Crippen LogP contribution in [0.4, 0.5) is 20.2 Å². The highest BCUT2D eigenvalue weighted by Crippen LogP contribution is 2.38. The molecule has 1 fully saturated rings. The van der Waals surface area contributed by atoms with Crippen LogP contribution in [0.15, 0.2) is 65.8 Å². The van der Waals surface area contributed by atoms with Gasteiger partial charge in [0.25, 0.3) is 11.8 Å². The maximum Gasteiger partial charge on any atom is 0.267 e. The van der Waals surface area contributed by atoms with E-state index in [0.717, 1.165) is 37.2 Å². The smallest absolute Gasteiger partial charge is 0.267 e. The molecule has 0 bridgehead atoms. The molecular weight excluding hydrogens is 578 g/mol. The van der Waals surface area contributed by atoms with Crippen LogP contribution in [0, 0.1) is 11.6 Å². The second-order valence-corrected chi connectivity index (χ2v) is 11.3. The average Bonchev–Trinajstić information content (AvgIpc) is 3.52. The van der Waals surface area contributed by atoms with Crippen LogP contribution in [0.1, 0.15) is 42.0 Å². The van der Waals surface area contributed by atoms with Gasteiger partial charge in [-0.3, -0.25) is 9.59 Å². The van der Waals surface area contributed by atoms with E-state index in [1.807, 2.05) is 18.2 Å². The molecule has 3 aliphatic rings. The number of carbonyl (C=O) groups excluding carboxylic acids is 2. The molecule has 0 saturated carbocycles. The summed E-state index contributed by atoms with van der Waals surface area (Å²) in [7, 11) is 1.72. The summed E-state index contributed by atoms with van der Waals surface area (Å²) < 4.78 is 34.8. The minimum atomic E-state index is -1.06. The minimum Gasteiger partial charge on any atom is -0.382 e. The molecule has 11 heteroatoms. The Morgan fingerprint density at radius 2 is 1.79 bits per heavy atom. The fourth-order valence-electron chi connectivity index (χ4n) is 6.14. The molecular formula is C32H31ClF2N4O4. The Bertz CT molecular complexity index is 1580. The van der Waals surface area contributed by atoms with Gasteiger partial charge in [0.15, 0.2) is 5.82 Å². The minimum absolute atomic E-state index is 0.00951. The van der Waals surface area contributed by atoms with E-state index in [-0.39, 0.29) is 41.1 Å². The number of nitrogens with zero attached hydrogens (tertiary/aromatic N) is 3. The zero-order valence-electron chi connectivity index (χ0n) is 23.6. The molecule has 0 aromatic heterocycles. The topological polar surface area (TPSA) is 83.5 Å². The number of piperidine rings is 1. The third-order valence-electron chi connectivity index (χ3n) is 8.38. The SMILES string of the molecule is COC1CCN(c2cccc3c2CCN(C(=O)C2CC(c4cccc(Cl)c4F)=NO2)[C@H]3C(=O)Nc2ccccc2F)CC1. The predicted molar refractivity (Wildman–Crippen MR) is 159 cm³/mol. The Morgan fingerprint density at radius 3 is 2.56 bits per heavy atom. The van der Waals surface area contributed by atoms with Crippen molar-refractivity contribution in [1.29, 1.82) is 0 Å². The zero-order valence-corrected chi connectivity index (χ0v) is 24.3. The van der Waals surface area contributed by atoms with Crippen LogP contribution in [0.5, 0.6) is 0 Å². The molecule has 1 N–H and O–H groups in total. The number of rotatable bonds is 6. The van der Waals surface area contributed by atoms with E-state index in [9.17, 15) is 18.4 Å². The lowest BCUT2D eigenvalue weighted by Gasteiger charge is -2.40. The van der Waals surface area contributed by atoms with Crippen LogP contribution < -0.4 is 10.2 Å². The molecule has 3 aliphatic heterocycles. The molecule has 0 aliphatic carbocycles. The first-order valence-corrected chi connectivity index (χ1v) is 14.7. The van der Waals surface area contributed by atoms with Crippen molar-refractivity contribution in [1.82, 2.24) is 4.90 Å². The summed E-state index contributed by atoms with van der Waals surface area (Å²) in [5.74, 6) is -2.24. The van der Waals surface area contributed by atoms with E-state index >= 15 is 0 Å². The molecule has 8 nitrogen and oxygen atoms in total. The number of hydrogen-bond donors (Lipinski definition) is 1. The Labute approximate surface area is 253 Å². The Hall–Kier alpha value is -4.02. The van der Waals surface area contributed by atoms with Crippen LogP contribution in [-0.4, -0.2) is 61.4 Å². The first-order chi connectivity index (χ1) is 20.9. The summed E-state index contributed by atoms with van der Waals surface area (Å²) in [4.78, 5) is 37.1. The number of carbonyl (C=O) groups is 2. The number of fused-ring (bicyclic) bond motifs is 1. The summed E-state index contributed by atoms with van der Waals surface area (Å²) in [6, 6.07) is 15.1. The van der Waals surface area contributed by atoms with Gasteiger partial charge >= 0.3 is 0 Å². The van der Waals surface area contributed by atoms with Crippen molar-refractivity contribution < 1.29 is 27.9 Å². The number of ether oxygens (including phenoxy) is 1. The third-order valence-corrected chi connectivity index (χ3v) is 8.67. The van der Waals surface area contributed by atoms with Gasteiger partial charge in [-0.25, -0.2) is 8.78 Å². The van der Waals surface area contributed by atoms with Crippen LogP contribution in [0.25, 0.3) is 0 Å². The fraction of sp³-hybridized carbons (Fsp3) is 0.344. The van der Waals surface area contributed by atoms with Gasteiger partial charge in [-0.05, 0) is 60.7 Å². The molecule has 0 spiro atoms. The second kappa shape index (κ2) is 12.3. The number of nitrogens with one attached hydrogen (secondary N) is 1. The van der Waals surface area contributed by atoms with Crippen molar-refractivity contribution >= 4 is 40.5 Å². The van der Waals surface area contributed by atoms with Gasteiger partial charge in [-0.15, -0.1) is 0 Å². The van der Waals surface area contributed by atoms with Crippen molar-refractivity contribution in [2.24, 2.45) is 5.16 Å². The number of para-hydroxylation sites is 1. The van der Waals surface area contributed by atoms with E-state index in [4.69, 9.17) is 21.2 Å². The van der Waals surface area contributed by atoms with E-state index < -0.39 is 35.6 Å². The normalized spacial score (nSPS) is 20.3. The maximum atomic E-state index is 14.7. The zero-order chi connectivity index (χ0) is 30.1. The summed E-state index contributed by atoms with van der Waals surface area (Å²) >= 11 is 5.95. The van der Waals surface area contributed by atoms with Crippen LogP contribution in [0.3, 0.4) is 0 Å². The van der Waals surface area contributed by atoms with E-state index in [2.05, 4.69) is 15.4 Å². The van der Waals surface area contributed by atoms with Gasteiger partial charge in [-0.2, -0.15) is 0 Å². The van der Waals surface area contributed by atoms with Gasteiger partial charge in [0.1, 0.15) is 11.9 Å². The second-order valence-electron chi connectivity index (χ2n) is 10.9. The maximum absolute atomic E-state index is 14.7. The first kappa shape index (κ1) is 29.1. The molecule has 1 saturated heterocycles. The monoisotopic (exact) mass is 608 g/mol. The first-order valence-electron chi connectivity index (χ1n) is 14.3. The molecule has 1 unspecified atom stereocenters. The number of benzene rings is 3. The van der Waals surface area contributed by atoms with Gasteiger partial charge in [0, 0.05) is 44.4 Å².